The molecule has 0 saturated heterocycles. The molecule has 5 nitrogen and oxygen atoms in total. The van der Waals surface area contributed by atoms with Gasteiger partial charge in [-0.3, -0.25) is 0 Å². The molecule has 20 heavy (non-hydrogen) atoms. The quantitative estimate of drug-likeness (QED) is 0.748. The SMILES string of the molecule is CCCNC(COC)CS(=O)(=O)c1cccc(OC)c1. The van der Waals surface area contributed by atoms with Crippen molar-refractivity contribution < 1.29 is 17.9 Å². The van der Waals surface area contributed by atoms with Gasteiger partial charge in [0.1, 0.15) is 5.75 Å². The van der Waals surface area contributed by atoms with E-state index in [2.05, 4.69) is 5.32 Å². The van der Waals surface area contributed by atoms with Crippen LogP contribution in [0, 0.1) is 0 Å². The van der Waals surface area contributed by atoms with Gasteiger partial charge in [-0.15, -0.1) is 0 Å². The predicted octanol–water partition coefficient (Wildman–Crippen LogP) is 1.48. The highest BCUT2D eigenvalue weighted by atomic mass is 32.2. The number of methoxy groups -OCH3 is 2. The molecule has 0 saturated carbocycles. The summed E-state index contributed by atoms with van der Waals surface area (Å²) in [7, 11) is -0.283. The lowest BCUT2D eigenvalue weighted by atomic mass is 10.3. The fourth-order valence-electron chi connectivity index (χ4n) is 1.87. The Morgan fingerprint density at radius 2 is 2.05 bits per heavy atom. The van der Waals surface area contributed by atoms with Gasteiger partial charge in [-0.1, -0.05) is 13.0 Å². The Balaban J connectivity index is 2.84. The Kier molecular flexibility index (Phi) is 6.98. The minimum absolute atomic E-state index is 0.00794. The fraction of sp³-hybridized carbons (Fsp3) is 0.571. The summed E-state index contributed by atoms with van der Waals surface area (Å²) in [5, 5.41) is 3.19. The summed E-state index contributed by atoms with van der Waals surface area (Å²) in [6, 6.07) is 6.31. The molecule has 1 aromatic carbocycles. The van der Waals surface area contributed by atoms with Crippen LogP contribution in [0.25, 0.3) is 0 Å². The number of nitrogens with one attached hydrogen (secondary N) is 1. The van der Waals surface area contributed by atoms with Crippen molar-refractivity contribution in [3.05, 3.63) is 24.3 Å². The van der Waals surface area contributed by atoms with E-state index in [9.17, 15) is 8.42 Å². The van der Waals surface area contributed by atoms with Gasteiger partial charge in [0.05, 0.1) is 24.4 Å². The molecule has 1 atom stereocenters. The maximum atomic E-state index is 12.4. The topological polar surface area (TPSA) is 64.6 Å². The van der Waals surface area contributed by atoms with Crippen molar-refractivity contribution >= 4 is 9.84 Å². The Bertz CT molecular complexity index is 502. The van der Waals surface area contributed by atoms with Crippen LogP contribution in [0.3, 0.4) is 0 Å². The lowest BCUT2D eigenvalue weighted by Gasteiger charge is -2.17. The fourth-order valence-corrected chi connectivity index (χ4v) is 3.39. The summed E-state index contributed by atoms with van der Waals surface area (Å²) in [6.45, 7) is 3.16. The summed E-state index contributed by atoms with van der Waals surface area (Å²) in [6.07, 6.45) is 0.944. The van der Waals surface area contributed by atoms with Gasteiger partial charge in [-0.25, -0.2) is 8.42 Å². The van der Waals surface area contributed by atoms with Gasteiger partial charge in [0.25, 0.3) is 0 Å². The normalized spacial score (nSPS) is 13.2. The molecule has 1 aromatic rings. The average Bonchev–Trinajstić information content (AvgIpc) is 2.45. The van der Waals surface area contributed by atoms with Gasteiger partial charge in [0.15, 0.2) is 9.84 Å². The van der Waals surface area contributed by atoms with Crippen molar-refractivity contribution in [2.45, 2.75) is 24.3 Å². The van der Waals surface area contributed by atoms with Crippen molar-refractivity contribution in [2.75, 3.05) is 33.1 Å². The van der Waals surface area contributed by atoms with Gasteiger partial charge < -0.3 is 14.8 Å². The van der Waals surface area contributed by atoms with E-state index in [-0.39, 0.29) is 16.7 Å². The minimum Gasteiger partial charge on any atom is -0.497 e. The third kappa shape index (κ3) is 5.11. The lowest BCUT2D eigenvalue weighted by Crippen LogP contribution is -2.39. The second-order valence-corrected chi connectivity index (χ2v) is 6.60. The van der Waals surface area contributed by atoms with E-state index in [1.165, 1.54) is 7.11 Å². The van der Waals surface area contributed by atoms with Crippen LogP contribution in [0.2, 0.25) is 0 Å². The third-order valence-corrected chi connectivity index (χ3v) is 4.69. The number of benzene rings is 1. The first-order valence-electron chi connectivity index (χ1n) is 6.62. The molecule has 0 aliphatic rings. The number of rotatable bonds is 9. The maximum absolute atomic E-state index is 12.4. The first-order chi connectivity index (χ1) is 9.53. The van der Waals surface area contributed by atoms with Crippen LogP contribution in [0.5, 0.6) is 5.75 Å². The average molecular weight is 301 g/mol. The van der Waals surface area contributed by atoms with Crippen LogP contribution in [0.1, 0.15) is 13.3 Å². The Morgan fingerprint density at radius 1 is 1.30 bits per heavy atom. The van der Waals surface area contributed by atoms with E-state index in [1.54, 1.807) is 31.4 Å². The largest absolute Gasteiger partial charge is 0.497 e. The van der Waals surface area contributed by atoms with Crippen LogP contribution < -0.4 is 10.1 Å². The highest BCUT2D eigenvalue weighted by Crippen LogP contribution is 2.18. The van der Waals surface area contributed by atoms with Crippen molar-refractivity contribution in [3.8, 4) is 5.75 Å². The Morgan fingerprint density at radius 3 is 2.65 bits per heavy atom. The lowest BCUT2D eigenvalue weighted by molar-refractivity contribution is 0.173. The first kappa shape index (κ1) is 16.9. The van der Waals surface area contributed by atoms with Crippen LogP contribution in [0.15, 0.2) is 29.2 Å². The summed E-state index contributed by atoms with van der Waals surface area (Å²) >= 11 is 0. The highest BCUT2D eigenvalue weighted by Gasteiger charge is 2.21. The molecule has 0 amide bonds. The zero-order chi connectivity index (χ0) is 15.0. The van der Waals surface area contributed by atoms with E-state index < -0.39 is 9.84 Å². The van der Waals surface area contributed by atoms with Crippen LogP contribution in [-0.2, 0) is 14.6 Å². The highest BCUT2D eigenvalue weighted by molar-refractivity contribution is 7.91. The van der Waals surface area contributed by atoms with Crippen molar-refractivity contribution in [3.63, 3.8) is 0 Å². The van der Waals surface area contributed by atoms with Gasteiger partial charge >= 0.3 is 0 Å². The van der Waals surface area contributed by atoms with Crippen LogP contribution >= 0.6 is 0 Å². The van der Waals surface area contributed by atoms with E-state index in [0.717, 1.165) is 13.0 Å². The molecular weight excluding hydrogens is 278 g/mol. The van der Waals surface area contributed by atoms with Crippen LogP contribution in [0.4, 0.5) is 0 Å². The zero-order valence-corrected chi connectivity index (χ0v) is 13.1. The third-order valence-electron chi connectivity index (χ3n) is 2.87. The monoisotopic (exact) mass is 301 g/mol. The molecule has 0 aliphatic heterocycles. The Labute approximate surface area is 121 Å². The summed E-state index contributed by atoms with van der Waals surface area (Å²) in [4.78, 5) is 0.274. The summed E-state index contributed by atoms with van der Waals surface area (Å²) in [5.41, 5.74) is 0. The molecule has 0 spiro atoms. The first-order valence-corrected chi connectivity index (χ1v) is 8.27. The Hall–Kier alpha value is -1.11. The molecule has 0 aliphatic carbocycles. The van der Waals surface area contributed by atoms with E-state index in [4.69, 9.17) is 9.47 Å². The van der Waals surface area contributed by atoms with E-state index in [0.29, 0.717) is 12.4 Å². The van der Waals surface area contributed by atoms with E-state index >= 15 is 0 Å². The van der Waals surface area contributed by atoms with Gasteiger partial charge in [-0.05, 0) is 31.2 Å². The van der Waals surface area contributed by atoms with Crippen molar-refractivity contribution in [2.24, 2.45) is 0 Å². The molecular formula is C14H23NO4S. The molecule has 1 unspecified atom stereocenters. The van der Waals surface area contributed by atoms with Crippen LogP contribution in [-0.4, -0.2) is 47.6 Å². The molecule has 0 bridgehead atoms. The second kappa shape index (κ2) is 8.24. The molecule has 1 rings (SSSR count). The maximum Gasteiger partial charge on any atom is 0.180 e. The second-order valence-electron chi connectivity index (χ2n) is 4.57. The number of ether oxygens (including phenoxy) is 2. The molecule has 0 heterocycles. The molecule has 0 aromatic heterocycles. The molecule has 114 valence electrons. The number of sulfone groups is 1. The van der Waals surface area contributed by atoms with Gasteiger partial charge in [-0.2, -0.15) is 0 Å². The van der Waals surface area contributed by atoms with Crippen molar-refractivity contribution in [1.82, 2.24) is 5.32 Å². The molecule has 1 N–H and O–H groups in total. The smallest absolute Gasteiger partial charge is 0.180 e. The molecule has 0 radical (unpaired) electrons. The summed E-state index contributed by atoms with van der Waals surface area (Å²) < 4.78 is 34.9. The van der Waals surface area contributed by atoms with E-state index in [1.807, 2.05) is 6.92 Å². The summed E-state index contributed by atoms with van der Waals surface area (Å²) in [5.74, 6) is 0.546. The van der Waals surface area contributed by atoms with Crippen molar-refractivity contribution in [1.29, 1.82) is 0 Å². The molecule has 6 heteroatoms. The predicted molar refractivity (Wildman–Crippen MR) is 79.0 cm³/mol. The standard InChI is InChI=1S/C14H23NO4S/c1-4-8-15-12(10-18-2)11-20(16,17)14-7-5-6-13(9-14)19-3/h5-7,9,12,15H,4,8,10-11H2,1-3H3. The number of hydrogen-bond donors (Lipinski definition) is 1. The minimum atomic E-state index is -3.37. The molecule has 0 fully saturated rings. The number of hydrogen-bond acceptors (Lipinski definition) is 5. The van der Waals surface area contributed by atoms with Gasteiger partial charge in [0.2, 0.25) is 0 Å². The van der Waals surface area contributed by atoms with Gasteiger partial charge in [0, 0.05) is 13.2 Å². The zero-order valence-electron chi connectivity index (χ0n) is 12.3.